The number of carbonyl (C=O) groups excluding carboxylic acids is 3. The van der Waals surface area contributed by atoms with E-state index in [9.17, 15) is 14.4 Å². The predicted molar refractivity (Wildman–Crippen MR) is 162 cm³/mol. The summed E-state index contributed by atoms with van der Waals surface area (Å²) in [5.74, 6) is -0.811. The zero-order valence-corrected chi connectivity index (χ0v) is 24.3. The highest BCUT2D eigenvalue weighted by Crippen LogP contribution is 2.39. The van der Waals surface area contributed by atoms with Gasteiger partial charge in [0.1, 0.15) is 12.2 Å². The maximum atomic E-state index is 13.7. The third kappa shape index (κ3) is 5.89. The van der Waals surface area contributed by atoms with Gasteiger partial charge >= 0.3 is 6.03 Å². The van der Waals surface area contributed by atoms with E-state index in [1.807, 2.05) is 31.2 Å². The van der Waals surface area contributed by atoms with Crippen molar-refractivity contribution in [3.8, 4) is 11.5 Å². The van der Waals surface area contributed by atoms with Crippen LogP contribution in [-0.4, -0.2) is 24.5 Å². The number of hydrogen-bond donors (Lipinski definition) is 0. The van der Waals surface area contributed by atoms with Gasteiger partial charge in [0.05, 0.1) is 23.0 Å². The second-order valence-corrected chi connectivity index (χ2v) is 10.2. The quantitative estimate of drug-likeness (QED) is 0.147. The Bertz CT molecular complexity index is 1580. The lowest BCUT2D eigenvalue weighted by molar-refractivity contribution is -0.121. The molecule has 0 N–H and O–H groups in total. The largest absolute Gasteiger partial charge is 0.490 e. The van der Waals surface area contributed by atoms with Crippen molar-refractivity contribution in [2.45, 2.75) is 13.5 Å². The van der Waals surface area contributed by atoms with Gasteiger partial charge in [-0.1, -0.05) is 82.1 Å². The van der Waals surface area contributed by atoms with Gasteiger partial charge in [-0.3, -0.25) is 9.59 Å². The minimum atomic E-state index is -0.765. The fourth-order valence-corrected chi connectivity index (χ4v) is 5.02. The van der Waals surface area contributed by atoms with E-state index in [0.717, 1.165) is 19.8 Å². The van der Waals surface area contributed by atoms with Crippen LogP contribution in [0.5, 0.6) is 11.5 Å². The first kappa shape index (κ1) is 28.1. The van der Waals surface area contributed by atoms with Crippen LogP contribution in [0.1, 0.15) is 18.1 Å². The van der Waals surface area contributed by atoms with Gasteiger partial charge in [-0.25, -0.2) is 14.6 Å². The summed E-state index contributed by atoms with van der Waals surface area (Å²) in [6.45, 7) is 2.39. The van der Waals surface area contributed by atoms with E-state index in [2.05, 4.69) is 15.9 Å². The summed E-state index contributed by atoms with van der Waals surface area (Å²) in [6.07, 6.45) is 1.41. The molecule has 206 valence electrons. The number of rotatable bonds is 8. The molecule has 41 heavy (non-hydrogen) atoms. The van der Waals surface area contributed by atoms with E-state index in [1.165, 1.54) is 6.08 Å². The smallest absolute Gasteiger partial charge is 0.343 e. The van der Waals surface area contributed by atoms with Gasteiger partial charge < -0.3 is 9.47 Å². The fraction of sp³-hybridized carbons (Fsp3) is 0.0938. The molecule has 1 aliphatic heterocycles. The van der Waals surface area contributed by atoms with Gasteiger partial charge in [0.15, 0.2) is 11.5 Å². The van der Waals surface area contributed by atoms with Crippen molar-refractivity contribution in [1.82, 2.24) is 0 Å². The Morgan fingerprint density at radius 3 is 1.90 bits per heavy atom. The summed E-state index contributed by atoms with van der Waals surface area (Å²) in [5, 5.41) is 0.237. The number of halogens is 2. The Hall–Kier alpha value is -4.40. The van der Waals surface area contributed by atoms with E-state index in [1.54, 1.807) is 72.8 Å². The molecule has 1 heterocycles. The monoisotopic (exact) mass is 630 g/mol. The zero-order valence-electron chi connectivity index (χ0n) is 21.9. The van der Waals surface area contributed by atoms with Crippen molar-refractivity contribution in [3.05, 3.63) is 123 Å². The van der Waals surface area contributed by atoms with Gasteiger partial charge in [-0.15, -0.1) is 0 Å². The molecule has 7 nitrogen and oxygen atoms in total. The van der Waals surface area contributed by atoms with Crippen molar-refractivity contribution < 1.29 is 23.9 Å². The van der Waals surface area contributed by atoms with Crippen molar-refractivity contribution in [1.29, 1.82) is 0 Å². The molecular formula is C32H24BrClN2O5. The van der Waals surface area contributed by atoms with Crippen LogP contribution in [0.2, 0.25) is 5.02 Å². The lowest BCUT2D eigenvalue weighted by atomic mass is 10.0. The second kappa shape index (κ2) is 12.4. The van der Waals surface area contributed by atoms with Crippen LogP contribution >= 0.6 is 27.5 Å². The van der Waals surface area contributed by atoms with Crippen LogP contribution in [0.25, 0.3) is 6.08 Å². The maximum absolute atomic E-state index is 13.7. The average molecular weight is 632 g/mol. The van der Waals surface area contributed by atoms with Crippen molar-refractivity contribution in [2.75, 3.05) is 16.4 Å². The Morgan fingerprint density at radius 2 is 1.34 bits per heavy atom. The van der Waals surface area contributed by atoms with E-state index >= 15 is 0 Å². The molecule has 0 bridgehead atoms. The molecular weight excluding hydrogens is 608 g/mol. The SMILES string of the molecule is CCOc1cc(C=C2C(=O)N(c3ccccc3)C(=O)N(c3ccccc3)C2=O)cc(Cl)c1OCc1ccccc1Br. The minimum absolute atomic E-state index is 0.210. The minimum Gasteiger partial charge on any atom is -0.490 e. The molecule has 0 unspecified atom stereocenters. The standard InChI is InChI=1S/C32H24BrClN2O5/c1-2-40-28-19-21(18-27(34)29(28)41-20-22-11-9-10-16-26(22)33)17-25-30(37)35(23-12-5-3-6-13-23)32(39)36(31(25)38)24-14-7-4-8-15-24/h3-19H,2,20H2,1H3. The number of anilines is 2. The van der Waals surface area contributed by atoms with Crippen molar-refractivity contribution in [2.24, 2.45) is 0 Å². The number of barbiturate groups is 1. The van der Waals surface area contributed by atoms with Crippen LogP contribution in [0, 0.1) is 0 Å². The van der Waals surface area contributed by atoms with Crippen LogP contribution in [0.3, 0.4) is 0 Å². The van der Waals surface area contributed by atoms with Crippen LogP contribution in [0.15, 0.2) is 107 Å². The van der Waals surface area contributed by atoms with Gasteiger partial charge in [0.25, 0.3) is 11.8 Å². The van der Waals surface area contributed by atoms with E-state index < -0.39 is 17.8 Å². The number of nitrogens with zero attached hydrogens (tertiary/aromatic N) is 2. The average Bonchev–Trinajstić information content (AvgIpc) is 2.97. The molecule has 1 fully saturated rings. The molecule has 0 spiro atoms. The number of para-hydroxylation sites is 2. The van der Waals surface area contributed by atoms with Crippen molar-refractivity contribution in [3.63, 3.8) is 0 Å². The molecule has 1 aliphatic rings. The third-order valence-electron chi connectivity index (χ3n) is 6.25. The number of imide groups is 2. The topological polar surface area (TPSA) is 76.2 Å². The molecule has 1 saturated heterocycles. The Balaban J connectivity index is 1.56. The van der Waals surface area contributed by atoms with Crippen LogP contribution < -0.4 is 19.3 Å². The summed E-state index contributed by atoms with van der Waals surface area (Å²) in [5.41, 5.74) is 1.81. The first-order valence-electron chi connectivity index (χ1n) is 12.8. The third-order valence-corrected chi connectivity index (χ3v) is 7.31. The molecule has 0 saturated carbocycles. The van der Waals surface area contributed by atoms with Crippen molar-refractivity contribution >= 4 is 62.8 Å². The first-order chi connectivity index (χ1) is 19.9. The number of amides is 4. The normalized spacial score (nSPS) is 13.4. The van der Waals surface area contributed by atoms with E-state index in [-0.39, 0.29) is 17.2 Å². The molecule has 4 aromatic rings. The van der Waals surface area contributed by atoms with Crippen LogP contribution in [-0.2, 0) is 16.2 Å². The predicted octanol–water partition coefficient (Wildman–Crippen LogP) is 7.66. The summed E-state index contributed by atoms with van der Waals surface area (Å²) < 4.78 is 12.8. The molecule has 0 atom stereocenters. The number of carbonyl (C=O) groups is 3. The fourth-order valence-electron chi connectivity index (χ4n) is 4.35. The van der Waals surface area contributed by atoms with Gasteiger partial charge in [-0.05, 0) is 61.0 Å². The first-order valence-corrected chi connectivity index (χ1v) is 13.9. The molecule has 0 radical (unpaired) electrons. The molecule has 0 aromatic heterocycles. The Labute approximate surface area is 250 Å². The number of urea groups is 1. The molecule has 4 aromatic carbocycles. The van der Waals surface area contributed by atoms with E-state index in [0.29, 0.717) is 35.0 Å². The number of benzene rings is 4. The second-order valence-electron chi connectivity index (χ2n) is 8.94. The zero-order chi connectivity index (χ0) is 28.9. The molecule has 5 rings (SSSR count). The van der Waals surface area contributed by atoms with E-state index in [4.69, 9.17) is 21.1 Å². The lowest BCUT2D eigenvalue weighted by Gasteiger charge is -2.34. The van der Waals surface area contributed by atoms with Gasteiger partial charge in [-0.2, -0.15) is 0 Å². The highest BCUT2D eigenvalue weighted by molar-refractivity contribution is 9.10. The molecule has 0 aliphatic carbocycles. The lowest BCUT2D eigenvalue weighted by Crippen LogP contribution is -2.57. The molecule has 9 heteroatoms. The Morgan fingerprint density at radius 1 is 0.780 bits per heavy atom. The number of hydrogen-bond acceptors (Lipinski definition) is 5. The highest BCUT2D eigenvalue weighted by Gasteiger charge is 2.43. The summed E-state index contributed by atoms with van der Waals surface area (Å²) >= 11 is 10.2. The molecule has 4 amide bonds. The summed E-state index contributed by atoms with van der Waals surface area (Å²) in [4.78, 5) is 42.8. The number of ether oxygens (including phenoxy) is 2. The summed E-state index contributed by atoms with van der Waals surface area (Å²) in [6, 6.07) is 27.1. The summed E-state index contributed by atoms with van der Waals surface area (Å²) in [7, 11) is 0. The Kier molecular flexibility index (Phi) is 8.52. The highest BCUT2D eigenvalue weighted by atomic mass is 79.9. The van der Waals surface area contributed by atoms with Gasteiger partial charge in [0, 0.05) is 10.0 Å². The van der Waals surface area contributed by atoms with Crippen LogP contribution in [0.4, 0.5) is 16.2 Å². The maximum Gasteiger partial charge on any atom is 0.343 e. The van der Waals surface area contributed by atoms with Gasteiger partial charge in [0.2, 0.25) is 0 Å².